The molecule has 1 saturated heterocycles. The second-order valence-electron chi connectivity index (χ2n) is 5.18. The number of hydrogen-bond acceptors (Lipinski definition) is 4. The van der Waals surface area contributed by atoms with Crippen molar-refractivity contribution in [2.24, 2.45) is 0 Å². The molecule has 1 aliphatic heterocycles. The van der Waals surface area contributed by atoms with Gasteiger partial charge in [0.05, 0.1) is 13.1 Å². The van der Waals surface area contributed by atoms with Gasteiger partial charge in [-0.3, -0.25) is 9.69 Å². The number of nitrogens with zero attached hydrogens (tertiary/aromatic N) is 4. The number of aliphatic carboxylic acids is 1. The molecule has 0 aromatic carbocycles. The van der Waals surface area contributed by atoms with Crippen molar-refractivity contribution in [3.05, 3.63) is 18.2 Å². The lowest BCUT2D eigenvalue weighted by Crippen LogP contribution is -2.43. The van der Waals surface area contributed by atoms with E-state index >= 15 is 0 Å². The van der Waals surface area contributed by atoms with E-state index in [-0.39, 0.29) is 12.6 Å². The number of aromatic amines is 1. The first kappa shape index (κ1) is 15.3. The smallest absolute Gasteiger partial charge is 0.320 e. The molecule has 0 unspecified atom stereocenters. The van der Waals surface area contributed by atoms with Crippen LogP contribution in [0.25, 0.3) is 0 Å². The molecule has 2 heterocycles. The van der Waals surface area contributed by atoms with Gasteiger partial charge in [-0.2, -0.15) is 0 Å². The van der Waals surface area contributed by atoms with Crippen LogP contribution in [-0.4, -0.2) is 81.5 Å². The molecule has 0 atom stereocenters. The Balaban J connectivity index is 1.86. The zero-order valence-corrected chi connectivity index (χ0v) is 12.2. The normalized spacial score (nSPS) is 16.5. The zero-order chi connectivity index (χ0) is 15.2. The summed E-state index contributed by atoms with van der Waals surface area (Å²) in [6.07, 6.45) is 4.17. The largest absolute Gasteiger partial charge is 0.480 e. The third kappa shape index (κ3) is 4.45. The molecule has 0 spiro atoms. The summed E-state index contributed by atoms with van der Waals surface area (Å²) in [6, 6.07) is -0.0522. The lowest BCUT2D eigenvalue weighted by Gasteiger charge is -2.26. The van der Waals surface area contributed by atoms with Crippen LogP contribution in [0.4, 0.5) is 4.79 Å². The van der Waals surface area contributed by atoms with E-state index in [0.29, 0.717) is 32.7 Å². The number of rotatable bonds is 4. The predicted octanol–water partition coefficient (Wildman–Crippen LogP) is 0.0538. The molecule has 8 nitrogen and oxygen atoms in total. The van der Waals surface area contributed by atoms with E-state index < -0.39 is 5.97 Å². The van der Waals surface area contributed by atoms with Crippen LogP contribution in [0.1, 0.15) is 12.2 Å². The number of aromatic nitrogens is 2. The van der Waals surface area contributed by atoms with Crippen molar-refractivity contribution < 1.29 is 14.7 Å². The van der Waals surface area contributed by atoms with Crippen LogP contribution in [0.15, 0.2) is 12.4 Å². The minimum Gasteiger partial charge on any atom is -0.480 e. The van der Waals surface area contributed by atoms with Gasteiger partial charge in [-0.05, 0) is 6.42 Å². The molecule has 8 heteroatoms. The molecule has 1 aliphatic rings. The van der Waals surface area contributed by atoms with Crippen molar-refractivity contribution in [2.45, 2.75) is 13.0 Å². The number of carbonyl (C=O) groups is 2. The average molecular weight is 295 g/mol. The van der Waals surface area contributed by atoms with Crippen LogP contribution >= 0.6 is 0 Å². The van der Waals surface area contributed by atoms with Crippen molar-refractivity contribution in [3.8, 4) is 0 Å². The van der Waals surface area contributed by atoms with E-state index in [9.17, 15) is 9.59 Å². The summed E-state index contributed by atoms with van der Waals surface area (Å²) < 4.78 is 0. The van der Waals surface area contributed by atoms with Gasteiger partial charge in [0, 0.05) is 45.6 Å². The third-order valence-corrected chi connectivity index (χ3v) is 3.49. The van der Waals surface area contributed by atoms with Crippen molar-refractivity contribution >= 4 is 12.0 Å². The SMILES string of the molecule is CN(Cc1ncc[nH]1)C(=O)N1CCCN(CC(=O)O)CC1. The van der Waals surface area contributed by atoms with Gasteiger partial charge in [-0.1, -0.05) is 0 Å². The number of carbonyl (C=O) groups excluding carboxylic acids is 1. The number of hydrogen-bond donors (Lipinski definition) is 2. The minimum atomic E-state index is -0.829. The molecule has 2 rings (SSSR count). The second kappa shape index (κ2) is 7.07. The number of urea groups is 1. The Labute approximate surface area is 123 Å². The van der Waals surface area contributed by atoms with Crippen LogP contribution in [0.2, 0.25) is 0 Å². The lowest BCUT2D eigenvalue weighted by atomic mass is 10.4. The van der Waals surface area contributed by atoms with Crippen LogP contribution < -0.4 is 0 Å². The van der Waals surface area contributed by atoms with E-state index in [0.717, 1.165) is 12.2 Å². The lowest BCUT2D eigenvalue weighted by molar-refractivity contribution is -0.138. The number of carboxylic acids is 1. The van der Waals surface area contributed by atoms with Crippen molar-refractivity contribution in [1.82, 2.24) is 24.7 Å². The molecule has 0 aliphatic carbocycles. The Morgan fingerprint density at radius 3 is 2.86 bits per heavy atom. The van der Waals surface area contributed by atoms with E-state index in [2.05, 4.69) is 9.97 Å². The van der Waals surface area contributed by atoms with Crippen LogP contribution in [0, 0.1) is 0 Å². The summed E-state index contributed by atoms with van der Waals surface area (Å²) >= 11 is 0. The average Bonchev–Trinajstić information content (AvgIpc) is 2.83. The Morgan fingerprint density at radius 2 is 2.19 bits per heavy atom. The van der Waals surface area contributed by atoms with Crippen molar-refractivity contribution in [1.29, 1.82) is 0 Å². The first-order valence-corrected chi connectivity index (χ1v) is 6.98. The molecule has 0 saturated carbocycles. The quantitative estimate of drug-likeness (QED) is 0.819. The van der Waals surface area contributed by atoms with Crippen LogP contribution in [0.5, 0.6) is 0 Å². The van der Waals surface area contributed by atoms with E-state index in [1.54, 1.807) is 29.2 Å². The van der Waals surface area contributed by atoms with Gasteiger partial charge in [0.25, 0.3) is 0 Å². The van der Waals surface area contributed by atoms with Gasteiger partial charge in [-0.25, -0.2) is 9.78 Å². The molecule has 1 fully saturated rings. The number of nitrogens with one attached hydrogen (secondary N) is 1. The fourth-order valence-corrected chi connectivity index (χ4v) is 2.43. The van der Waals surface area contributed by atoms with Gasteiger partial charge in [0.2, 0.25) is 0 Å². The molecule has 1 aromatic rings. The Bertz CT molecular complexity index is 476. The fourth-order valence-electron chi connectivity index (χ4n) is 2.43. The first-order chi connectivity index (χ1) is 10.1. The molecular formula is C13H21N5O3. The number of carboxylic acid groups (broad SMARTS) is 1. The van der Waals surface area contributed by atoms with Crippen molar-refractivity contribution in [3.63, 3.8) is 0 Å². The second-order valence-corrected chi connectivity index (χ2v) is 5.18. The fraction of sp³-hybridized carbons (Fsp3) is 0.615. The van der Waals surface area contributed by atoms with Gasteiger partial charge < -0.3 is 19.9 Å². The molecule has 0 radical (unpaired) electrons. The van der Waals surface area contributed by atoms with E-state index in [1.807, 2.05) is 4.90 Å². The molecule has 21 heavy (non-hydrogen) atoms. The minimum absolute atomic E-state index is 0.0320. The molecule has 1 aromatic heterocycles. The Kier molecular flexibility index (Phi) is 5.15. The maximum absolute atomic E-state index is 12.4. The summed E-state index contributed by atoms with van der Waals surface area (Å²) in [4.78, 5) is 35.4. The van der Waals surface area contributed by atoms with Crippen LogP contribution in [0.3, 0.4) is 0 Å². The highest BCUT2D eigenvalue weighted by Gasteiger charge is 2.22. The van der Waals surface area contributed by atoms with Gasteiger partial charge >= 0.3 is 12.0 Å². The van der Waals surface area contributed by atoms with E-state index in [4.69, 9.17) is 5.11 Å². The first-order valence-electron chi connectivity index (χ1n) is 6.98. The third-order valence-electron chi connectivity index (χ3n) is 3.49. The molecule has 0 bridgehead atoms. The molecular weight excluding hydrogens is 274 g/mol. The highest BCUT2D eigenvalue weighted by molar-refractivity contribution is 5.74. The summed E-state index contributed by atoms with van der Waals surface area (Å²) in [5.41, 5.74) is 0. The summed E-state index contributed by atoms with van der Waals surface area (Å²) in [5, 5.41) is 8.82. The van der Waals surface area contributed by atoms with Gasteiger partial charge in [0.15, 0.2) is 0 Å². The monoisotopic (exact) mass is 295 g/mol. The highest BCUT2D eigenvalue weighted by Crippen LogP contribution is 2.07. The van der Waals surface area contributed by atoms with Crippen molar-refractivity contribution in [2.75, 3.05) is 39.8 Å². The molecule has 116 valence electrons. The van der Waals surface area contributed by atoms with E-state index in [1.165, 1.54) is 0 Å². The number of imidazole rings is 1. The zero-order valence-electron chi connectivity index (χ0n) is 12.2. The maximum atomic E-state index is 12.4. The maximum Gasteiger partial charge on any atom is 0.320 e. The number of H-pyrrole nitrogens is 1. The summed E-state index contributed by atoms with van der Waals surface area (Å²) in [7, 11) is 1.74. The highest BCUT2D eigenvalue weighted by atomic mass is 16.4. The molecule has 2 amide bonds. The Morgan fingerprint density at radius 1 is 1.38 bits per heavy atom. The summed E-state index contributed by atoms with van der Waals surface area (Å²) in [6.45, 7) is 2.96. The Hall–Kier alpha value is -2.09. The summed E-state index contributed by atoms with van der Waals surface area (Å²) in [5.74, 6) is -0.0853. The predicted molar refractivity (Wildman–Crippen MR) is 75.7 cm³/mol. The number of amides is 2. The topological polar surface area (TPSA) is 92.8 Å². The van der Waals surface area contributed by atoms with Gasteiger partial charge in [-0.15, -0.1) is 0 Å². The van der Waals surface area contributed by atoms with Gasteiger partial charge in [0.1, 0.15) is 5.82 Å². The van der Waals surface area contributed by atoms with Crippen LogP contribution in [-0.2, 0) is 11.3 Å². The standard InChI is InChI=1S/C13H21N5O3/c1-16(9-11-14-3-4-15-11)13(21)18-6-2-5-17(7-8-18)10-12(19)20/h3-4H,2,5-10H2,1H3,(H,14,15)(H,19,20). The molecule has 2 N–H and O–H groups in total.